The maximum atomic E-state index is 11.9. The van der Waals surface area contributed by atoms with Crippen molar-refractivity contribution in [1.82, 2.24) is 0 Å². The van der Waals surface area contributed by atoms with Crippen LogP contribution in [-0.2, 0) is 15.9 Å². The van der Waals surface area contributed by atoms with Gasteiger partial charge in [0.25, 0.3) is 0 Å². The molecule has 114 valence electrons. The summed E-state index contributed by atoms with van der Waals surface area (Å²) in [5.74, 6) is 0. The average Bonchev–Trinajstić information content (AvgIpc) is 2.40. The first-order chi connectivity index (χ1) is 9.42. The lowest BCUT2D eigenvalue weighted by atomic mass is 10.1. The highest BCUT2D eigenvalue weighted by atomic mass is 35.5. The summed E-state index contributed by atoms with van der Waals surface area (Å²) in [4.78, 5) is 0. The van der Waals surface area contributed by atoms with Crippen LogP contribution in [0.1, 0.15) is 22.9 Å². The molecule has 0 spiro atoms. The smallest absolute Gasteiger partial charge is 0.384 e. The molecule has 20 heavy (non-hydrogen) atoms. The average molecular weight is 311 g/mol. The summed E-state index contributed by atoms with van der Waals surface area (Å²) < 4.78 is 45.2. The van der Waals surface area contributed by atoms with Gasteiger partial charge in [-0.1, -0.05) is 24.3 Å². The van der Waals surface area contributed by atoms with Crippen LogP contribution in [0.15, 0.2) is 24.3 Å². The summed E-state index contributed by atoms with van der Waals surface area (Å²) in [6.07, 6.45) is -3.13. The first kappa shape index (κ1) is 17.3. The molecule has 0 aliphatic heterocycles. The molecular weight excluding hydrogens is 293 g/mol. The van der Waals surface area contributed by atoms with Crippen molar-refractivity contribution in [2.45, 2.75) is 24.4 Å². The van der Waals surface area contributed by atoms with E-state index in [1.165, 1.54) is 0 Å². The maximum Gasteiger partial charge on any atom is 0.411 e. The van der Waals surface area contributed by atoms with Crippen LogP contribution in [0.5, 0.6) is 0 Å². The topological polar surface area (TPSA) is 18.5 Å². The van der Waals surface area contributed by atoms with E-state index < -0.39 is 12.8 Å². The molecule has 0 bridgehead atoms. The fourth-order valence-electron chi connectivity index (χ4n) is 1.65. The Kier molecular flexibility index (Phi) is 7.34. The monoisotopic (exact) mass is 310 g/mol. The number of methoxy groups -OCH3 is 1. The third-order valence-corrected chi connectivity index (χ3v) is 3.19. The van der Waals surface area contributed by atoms with Gasteiger partial charge in [0.15, 0.2) is 0 Å². The van der Waals surface area contributed by atoms with E-state index in [0.717, 1.165) is 17.5 Å². The quantitative estimate of drug-likeness (QED) is 0.531. The number of benzene rings is 1. The Morgan fingerprint density at radius 1 is 1.15 bits per heavy atom. The van der Waals surface area contributed by atoms with Gasteiger partial charge in [0.2, 0.25) is 0 Å². The summed E-state index contributed by atoms with van der Waals surface area (Å²) >= 11 is 6.13. The largest absolute Gasteiger partial charge is 0.411 e. The molecule has 2 nitrogen and oxygen atoms in total. The maximum absolute atomic E-state index is 11.9. The van der Waals surface area contributed by atoms with Gasteiger partial charge in [-0.15, -0.1) is 11.6 Å². The van der Waals surface area contributed by atoms with Gasteiger partial charge >= 0.3 is 6.18 Å². The molecular formula is C14H18ClF3O2. The molecule has 0 fully saturated rings. The van der Waals surface area contributed by atoms with E-state index in [0.29, 0.717) is 13.0 Å². The SMILES string of the molecule is COCCc1ccc(C(Cl)CCOCC(F)(F)F)cc1. The molecule has 1 rings (SSSR count). The van der Waals surface area contributed by atoms with Gasteiger partial charge in [-0.3, -0.25) is 0 Å². The van der Waals surface area contributed by atoms with E-state index in [1.807, 2.05) is 24.3 Å². The highest BCUT2D eigenvalue weighted by molar-refractivity contribution is 6.20. The summed E-state index contributed by atoms with van der Waals surface area (Å²) in [6.45, 7) is -0.597. The lowest BCUT2D eigenvalue weighted by Gasteiger charge is -2.12. The highest BCUT2D eigenvalue weighted by Crippen LogP contribution is 2.25. The summed E-state index contributed by atoms with van der Waals surface area (Å²) in [5, 5.41) is -0.347. The second-order valence-electron chi connectivity index (χ2n) is 4.41. The van der Waals surface area contributed by atoms with Gasteiger partial charge in [-0.2, -0.15) is 13.2 Å². The minimum Gasteiger partial charge on any atom is -0.384 e. The second kappa shape index (κ2) is 8.49. The van der Waals surface area contributed by atoms with Crippen LogP contribution in [0.3, 0.4) is 0 Å². The van der Waals surface area contributed by atoms with E-state index in [9.17, 15) is 13.2 Å². The molecule has 0 aromatic heterocycles. The minimum absolute atomic E-state index is 0.0148. The Morgan fingerprint density at radius 2 is 1.80 bits per heavy atom. The van der Waals surface area contributed by atoms with Gasteiger partial charge in [-0.25, -0.2) is 0 Å². The third kappa shape index (κ3) is 7.12. The number of alkyl halides is 4. The van der Waals surface area contributed by atoms with E-state index in [2.05, 4.69) is 4.74 Å². The van der Waals surface area contributed by atoms with Crippen LogP contribution < -0.4 is 0 Å². The second-order valence-corrected chi connectivity index (χ2v) is 4.94. The molecule has 0 amide bonds. The number of ether oxygens (including phenoxy) is 2. The number of hydrogen-bond acceptors (Lipinski definition) is 2. The van der Waals surface area contributed by atoms with Crippen LogP contribution in [0.4, 0.5) is 13.2 Å². The van der Waals surface area contributed by atoms with Crippen molar-refractivity contribution in [1.29, 1.82) is 0 Å². The lowest BCUT2D eigenvalue weighted by molar-refractivity contribution is -0.174. The van der Waals surface area contributed by atoms with Crippen molar-refractivity contribution < 1.29 is 22.6 Å². The van der Waals surface area contributed by atoms with Crippen LogP contribution >= 0.6 is 11.6 Å². The predicted molar refractivity (Wildman–Crippen MR) is 72.1 cm³/mol. The Hall–Kier alpha value is -0.780. The molecule has 1 atom stereocenters. The zero-order valence-electron chi connectivity index (χ0n) is 11.3. The van der Waals surface area contributed by atoms with Crippen LogP contribution in [0.2, 0.25) is 0 Å². The van der Waals surface area contributed by atoms with Gasteiger partial charge in [0, 0.05) is 13.7 Å². The van der Waals surface area contributed by atoms with Crippen molar-refractivity contribution in [3.63, 3.8) is 0 Å². The van der Waals surface area contributed by atoms with Gasteiger partial charge < -0.3 is 9.47 Å². The van der Waals surface area contributed by atoms with Crippen molar-refractivity contribution >= 4 is 11.6 Å². The lowest BCUT2D eigenvalue weighted by Crippen LogP contribution is -2.17. The van der Waals surface area contributed by atoms with Gasteiger partial charge in [-0.05, 0) is 24.0 Å². The summed E-state index contributed by atoms with van der Waals surface area (Å²) in [5.41, 5.74) is 2.01. The molecule has 1 aromatic rings. The highest BCUT2D eigenvalue weighted by Gasteiger charge is 2.27. The van der Waals surface area contributed by atoms with Crippen molar-refractivity contribution in [2.75, 3.05) is 26.9 Å². The molecule has 0 heterocycles. The third-order valence-electron chi connectivity index (χ3n) is 2.72. The standard InChI is InChI=1S/C14H18ClF3O2/c1-19-8-6-11-2-4-12(5-3-11)13(15)7-9-20-10-14(16,17)18/h2-5,13H,6-10H2,1H3. The minimum atomic E-state index is -4.29. The number of halogens is 4. The predicted octanol–water partition coefficient (Wildman–Crippen LogP) is 4.12. The van der Waals surface area contributed by atoms with Gasteiger partial charge in [0.1, 0.15) is 6.61 Å². The Morgan fingerprint density at radius 3 is 2.35 bits per heavy atom. The van der Waals surface area contributed by atoms with Crippen LogP contribution in [0.25, 0.3) is 0 Å². The molecule has 0 aliphatic rings. The van der Waals surface area contributed by atoms with E-state index >= 15 is 0 Å². The molecule has 0 saturated heterocycles. The molecule has 1 unspecified atom stereocenters. The molecule has 0 saturated carbocycles. The number of rotatable bonds is 8. The Labute approximate surface area is 121 Å². The van der Waals surface area contributed by atoms with Crippen molar-refractivity contribution in [3.05, 3.63) is 35.4 Å². The Bertz CT molecular complexity index is 379. The fourth-order valence-corrected chi connectivity index (χ4v) is 1.89. The number of hydrogen-bond donors (Lipinski definition) is 0. The Balaban J connectivity index is 2.34. The van der Waals surface area contributed by atoms with Crippen molar-refractivity contribution in [2.24, 2.45) is 0 Å². The van der Waals surface area contributed by atoms with Crippen LogP contribution in [-0.4, -0.2) is 33.1 Å². The normalized spacial score (nSPS) is 13.4. The molecule has 0 N–H and O–H groups in total. The first-order valence-corrected chi connectivity index (χ1v) is 6.72. The van der Waals surface area contributed by atoms with E-state index in [-0.39, 0.29) is 12.0 Å². The zero-order valence-corrected chi connectivity index (χ0v) is 12.0. The van der Waals surface area contributed by atoms with Crippen molar-refractivity contribution in [3.8, 4) is 0 Å². The summed E-state index contributed by atoms with van der Waals surface area (Å²) in [6, 6.07) is 7.65. The van der Waals surface area contributed by atoms with E-state index in [4.69, 9.17) is 16.3 Å². The zero-order chi connectivity index (χ0) is 15.0. The summed E-state index contributed by atoms with van der Waals surface area (Å²) in [7, 11) is 1.64. The molecule has 1 aromatic carbocycles. The van der Waals surface area contributed by atoms with Gasteiger partial charge in [0.05, 0.1) is 12.0 Å². The fraction of sp³-hybridized carbons (Fsp3) is 0.571. The van der Waals surface area contributed by atoms with Crippen LogP contribution in [0, 0.1) is 0 Å². The molecule has 0 radical (unpaired) electrons. The van der Waals surface area contributed by atoms with E-state index in [1.54, 1.807) is 7.11 Å². The molecule has 0 aliphatic carbocycles. The first-order valence-electron chi connectivity index (χ1n) is 6.28. The molecule has 6 heteroatoms.